The molecule has 8 atom stereocenters. The number of esters is 2. The monoisotopic (exact) mass is 783 g/mol. The predicted molar refractivity (Wildman–Crippen MR) is 222 cm³/mol. The van der Waals surface area contributed by atoms with Gasteiger partial charge in [0.2, 0.25) is 0 Å². The molecule has 6 aliphatic rings. The van der Waals surface area contributed by atoms with Crippen molar-refractivity contribution in [3.8, 4) is 0 Å². The van der Waals surface area contributed by atoms with Crippen LogP contribution in [0.25, 0.3) is 0 Å². The summed E-state index contributed by atoms with van der Waals surface area (Å²) in [6.45, 7) is 7.63. The number of fused-ring (bicyclic) bond motifs is 2. The lowest BCUT2D eigenvalue weighted by Crippen LogP contribution is -2.56. The van der Waals surface area contributed by atoms with Gasteiger partial charge < -0.3 is 28.9 Å². The van der Waals surface area contributed by atoms with Crippen molar-refractivity contribution in [3.63, 3.8) is 0 Å². The summed E-state index contributed by atoms with van der Waals surface area (Å²) in [5.74, 6) is 0.968. The molecule has 0 aromatic heterocycles. The minimum Gasteiger partial charge on any atom is -0.450 e. The molecule has 10 heteroatoms. The smallest absolute Gasteiger partial charge is 0.418 e. The molecule has 0 aliphatic heterocycles. The van der Waals surface area contributed by atoms with Gasteiger partial charge in [0.05, 0.1) is 0 Å². The molecule has 6 aliphatic carbocycles. The first-order chi connectivity index (χ1) is 26.9. The second-order valence-electron chi connectivity index (χ2n) is 20.2. The van der Waals surface area contributed by atoms with Crippen LogP contribution in [0.1, 0.15) is 155 Å². The van der Waals surface area contributed by atoms with E-state index in [1.165, 1.54) is 64.2 Å². The largest absolute Gasteiger partial charge is 0.450 e. The van der Waals surface area contributed by atoms with E-state index in [1.54, 1.807) is 0 Å². The van der Waals surface area contributed by atoms with Crippen LogP contribution in [0.4, 0.5) is 0 Å². The van der Waals surface area contributed by atoms with Crippen LogP contribution >= 0.6 is 0 Å². The van der Waals surface area contributed by atoms with Gasteiger partial charge in [-0.25, -0.2) is 9.59 Å². The minimum atomic E-state index is -0.795. The van der Waals surface area contributed by atoms with Gasteiger partial charge in [-0.2, -0.15) is 0 Å². The highest BCUT2D eigenvalue weighted by Crippen LogP contribution is 2.64. The Hall–Kier alpha value is -2.20. The number of carbonyl (C=O) groups is 2. The van der Waals surface area contributed by atoms with Crippen molar-refractivity contribution in [2.45, 2.75) is 166 Å². The fourth-order valence-electron chi connectivity index (χ4n) is 12.8. The zero-order chi connectivity index (χ0) is 39.8. The Morgan fingerprint density at radius 1 is 0.554 bits per heavy atom. The molecule has 6 fully saturated rings. The summed E-state index contributed by atoms with van der Waals surface area (Å²) in [6, 6.07) is 0. The maximum absolute atomic E-state index is 14.4. The molecule has 6 rings (SSSR count). The fraction of sp³-hybridized carbons (Fsp3) is 0.913. The second kappa shape index (κ2) is 19.2. The van der Waals surface area contributed by atoms with Crippen LogP contribution in [0, 0.1) is 46.3 Å². The average molecular weight is 783 g/mol. The summed E-state index contributed by atoms with van der Waals surface area (Å²) in [6.07, 6.45) is 27.6. The molecular weight excluding hydrogens is 705 g/mol. The Bertz CT molecular complexity index is 1240. The number of hydrogen-bond donors (Lipinski definition) is 0. The second-order valence-corrected chi connectivity index (χ2v) is 20.2. The molecule has 0 aromatic carbocycles. The van der Waals surface area contributed by atoms with Gasteiger partial charge >= 0.3 is 11.9 Å². The van der Waals surface area contributed by atoms with Crippen LogP contribution < -0.4 is 0 Å². The number of carbonyl (C=O) groups excluding carboxylic acids is 2. The highest BCUT2D eigenvalue weighted by molar-refractivity contribution is 6.30. The van der Waals surface area contributed by atoms with Crippen molar-refractivity contribution in [1.29, 1.82) is 0 Å². The Labute approximate surface area is 339 Å². The van der Waals surface area contributed by atoms with Gasteiger partial charge in [0.1, 0.15) is 24.4 Å². The molecule has 10 nitrogen and oxygen atoms in total. The van der Waals surface area contributed by atoms with Crippen LogP contribution in [-0.2, 0) is 28.7 Å². The zero-order valence-electron chi connectivity index (χ0n) is 36.2. The Morgan fingerprint density at radius 3 is 1.32 bits per heavy atom. The van der Waals surface area contributed by atoms with Gasteiger partial charge in [0.25, 0.3) is 0 Å². The number of ether oxygens (including phenoxy) is 2. The predicted octanol–water partition coefficient (Wildman–Crippen LogP) is 9.05. The Kier molecular flexibility index (Phi) is 14.9. The lowest BCUT2D eigenvalue weighted by Gasteiger charge is -2.53. The molecular formula is C46H78N4O6. The van der Waals surface area contributed by atoms with Crippen molar-refractivity contribution in [3.05, 3.63) is 0 Å². The summed E-state index contributed by atoms with van der Waals surface area (Å²) in [7, 11) is 8.26. The first-order valence-corrected chi connectivity index (χ1v) is 23.0. The van der Waals surface area contributed by atoms with E-state index in [-0.39, 0.29) is 22.7 Å². The summed E-state index contributed by atoms with van der Waals surface area (Å²) >= 11 is 0. The van der Waals surface area contributed by atoms with E-state index in [2.05, 4.69) is 62.1 Å². The maximum atomic E-state index is 14.4. The van der Waals surface area contributed by atoms with Crippen LogP contribution in [0.2, 0.25) is 0 Å². The molecule has 0 aromatic rings. The number of nitrogens with zero attached hydrogens (tertiary/aromatic N) is 4. The van der Waals surface area contributed by atoms with E-state index in [0.29, 0.717) is 36.9 Å². The molecule has 0 unspecified atom stereocenters. The van der Waals surface area contributed by atoms with Crippen LogP contribution in [0.15, 0.2) is 10.3 Å². The van der Waals surface area contributed by atoms with Crippen LogP contribution in [0.3, 0.4) is 0 Å². The van der Waals surface area contributed by atoms with E-state index in [4.69, 9.17) is 19.1 Å². The van der Waals surface area contributed by atoms with Gasteiger partial charge in [0.15, 0.2) is 0 Å². The molecule has 318 valence electrons. The van der Waals surface area contributed by atoms with E-state index in [9.17, 15) is 9.59 Å². The van der Waals surface area contributed by atoms with Crippen molar-refractivity contribution in [1.82, 2.24) is 9.80 Å². The third-order valence-corrected chi connectivity index (χ3v) is 16.4. The third-order valence-electron chi connectivity index (χ3n) is 16.4. The lowest BCUT2D eigenvalue weighted by atomic mass is 9.57. The van der Waals surface area contributed by atoms with Crippen molar-refractivity contribution in [2.75, 3.05) is 54.5 Å². The zero-order valence-corrected chi connectivity index (χ0v) is 36.2. The number of hydrogen-bond acceptors (Lipinski definition) is 10. The van der Waals surface area contributed by atoms with E-state index >= 15 is 0 Å². The molecule has 0 saturated heterocycles. The topological polar surface area (TPSA) is 102 Å². The van der Waals surface area contributed by atoms with Gasteiger partial charge in [-0.3, -0.25) is 0 Å². The van der Waals surface area contributed by atoms with E-state index < -0.39 is 23.1 Å². The van der Waals surface area contributed by atoms with Gasteiger partial charge in [-0.15, -0.1) is 0 Å². The minimum absolute atomic E-state index is 0.115. The molecule has 0 heterocycles. The quantitative estimate of drug-likeness (QED) is 0.0503. The lowest BCUT2D eigenvalue weighted by molar-refractivity contribution is -0.210. The molecule has 56 heavy (non-hydrogen) atoms. The molecule has 0 N–H and O–H groups in total. The van der Waals surface area contributed by atoms with E-state index in [0.717, 1.165) is 90.1 Å². The Balaban J connectivity index is 1.19. The standard InChI is InChI=1S/C46H78N4O6/c1-43-23-19-37(35-15-9-7-10-16-35)31-45(43,25-21-39(43)33-47-53-29-13-27-49(3)4)55-41(51)42(52)56-46-26-22-40(34-48-54-30-14-28-50(5)6)44(46,2)24-20-38(32-46)36-17-11-8-12-18-36/h33-40H,7-32H2,1-6H3/t37-,38-,39+,40+,43+,44+,45-,46-/m0/s1. The SMILES string of the molecule is CN(C)CCCON=C[C@H]1CC[C@]2(OC(=O)C(=O)O[C@]34CC[C@H](C=NOCCCN(C)C)[C@@]3(C)CC[C@H](C3CCCCC3)C4)C[C@@H](C3CCCCC3)CC[C@]12C. The molecule has 0 amide bonds. The first-order valence-electron chi connectivity index (χ1n) is 23.0. The highest BCUT2D eigenvalue weighted by Gasteiger charge is 2.65. The number of rotatable bonds is 16. The molecule has 0 bridgehead atoms. The molecule has 6 saturated carbocycles. The Morgan fingerprint density at radius 2 is 0.946 bits per heavy atom. The van der Waals surface area contributed by atoms with Crippen LogP contribution in [-0.4, -0.2) is 99.9 Å². The van der Waals surface area contributed by atoms with Gasteiger partial charge in [-0.05, 0) is 129 Å². The van der Waals surface area contributed by atoms with Gasteiger partial charge in [-0.1, -0.05) is 88.4 Å². The fourth-order valence-corrected chi connectivity index (χ4v) is 12.8. The summed E-state index contributed by atoms with van der Waals surface area (Å²) in [4.78, 5) is 44.6. The molecule has 0 spiro atoms. The summed E-state index contributed by atoms with van der Waals surface area (Å²) < 4.78 is 13.5. The van der Waals surface area contributed by atoms with Crippen molar-refractivity contribution >= 4 is 24.4 Å². The first kappa shape index (κ1) is 43.4. The third kappa shape index (κ3) is 9.63. The van der Waals surface area contributed by atoms with Crippen molar-refractivity contribution in [2.24, 2.45) is 56.6 Å². The summed E-state index contributed by atoms with van der Waals surface area (Å²) in [5.41, 5.74) is -2.10. The van der Waals surface area contributed by atoms with Gasteiger partial charge in [0, 0.05) is 48.2 Å². The van der Waals surface area contributed by atoms with E-state index in [1.807, 2.05) is 12.4 Å². The number of oxime groups is 2. The van der Waals surface area contributed by atoms with Crippen LogP contribution in [0.5, 0.6) is 0 Å². The summed E-state index contributed by atoms with van der Waals surface area (Å²) in [5, 5.41) is 8.92. The average Bonchev–Trinajstić information content (AvgIpc) is 3.63. The maximum Gasteiger partial charge on any atom is 0.418 e. The molecule has 0 radical (unpaired) electrons. The normalized spacial score (nSPS) is 36.9. The van der Waals surface area contributed by atoms with Crippen molar-refractivity contribution < 1.29 is 28.7 Å². The highest BCUT2D eigenvalue weighted by atomic mass is 16.6.